The van der Waals surface area contributed by atoms with Gasteiger partial charge in [-0.2, -0.15) is 0 Å². The van der Waals surface area contributed by atoms with Crippen LogP contribution in [0, 0.1) is 0 Å². The van der Waals surface area contributed by atoms with Gasteiger partial charge in [0.2, 0.25) is 11.1 Å². The van der Waals surface area contributed by atoms with Gasteiger partial charge in [-0.15, -0.1) is 10.2 Å². The van der Waals surface area contributed by atoms with E-state index in [2.05, 4.69) is 15.5 Å². The van der Waals surface area contributed by atoms with Gasteiger partial charge < -0.3 is 15.9 Å². The van der Waals surface area contributed by atoms with E-state index in [1.54, 1.807) is 19.1 Å². The molecule has 0 unspecified atom stereocenters. The maximum atomic E-state index is 12.5. The summed E-state index contributed by atoms with van der Waals surface area (Å²) in [7, 11) is 0. The summed E-state index contributed by atoms with van der Waals surface area (Å²) >= 11 is 1.27. The van der Waals surface area contributed by atoms with Crippen molar-refractivity contribution in [3.8, 4) is 11.5 Å². The average Bonchev–Trinajstić information content (AvgIpc) is 3.04. The number of thioether (sulfide) groups is 1. The maximum absolute atomic E-state index is 12.5. The minimum atomic E-state index is -0.383. The van der Waals surface area contributed by atoms with E-state index in [4.69, 9.17) is 10.6 Å². The molecule has 1 atom stereocenters. The molecule has 1 aromatic heterocycles. The highest BCUT2D eigenvalue weighted by atomic mass is 32.2. The number of nitrogens with one attached hydrogen (secondary N) is 1. The molecule has 3 aromatic rings. The van der Waals surface area contributed by atoms with Gasteiger partial charge in [0.1, 0.15) is 11.5 Å². The van der Waals surface area contributed by atoms with E-state index in [0.717, 1.165) is 5.75 Å². The fourth-order valence-corrected chi connectivity index (χ4v) is 3.23. The number of benzene rings is 2. The predicted molar refractivity (Wildman–Crippen MR) is 111 cm³/mol. The normalized spacial score (nSPS) is 12.0. The first-order valence-electron chi connectivity index (χ1n) is 8.95. The van der Waals surface area contributed by atoms with Crippen LogP contribution >= 0.6 is 11.8 Å². The van der Waals surface area contributed by atoms with Crippen molar-refractivity contribution in [3.05, 3.63) is 60.4 Å². The maximum Gasteiger partial charge on any atom is 0.237 e. The summed E-state index contributed by atoms with van der Waals surface area (Å²) in [5.41, 5.74) is 0.690. The third-order valence-corrected chi connectivity index (χ3v) is 5.02. The lowest BCUT2D eigenvalue weighted by Crippen LogP contribution is -2.24. The largest absolute Gasteiger partial charge is 0.457 e. The van der Waals surface area contributed by atoms with Crippen molar-refractivity contribution in [2.24, 2.45) is 0 Å². The molecule has 3 N–H and O–H groups in total. The molecule has 0 fully saturated rings. The second kappa shape index (κ2) is 8.79. The van der Waals surface area contributed by atoms with E-state index in [9.17, 15) is 4.79 Å². The molecule has 3 rings (SSSR count). The van der Waals surface area contributed by atoms with Crippen LogP contribution in [0.1, 0.15) is 32.5 Å². The Kier molecular flexibility index (Phi) is 6.20. The van der Waals surface area contributed by atoms with Gasteiger partial charge in [-0.3, -0.25) is 4.79 Å². The first-order chi connectivity index (χ1) is 13.4. The summed E-state index contributed by atoms with van der Waals surface area (Å²) < 4.78 is 7.19. The number of nitrogen functional groups attached to an aromatic ring is 1. The molecule has 1 amide bonds. The molecule has 2 aromatic carbocycles. The van der Waals surface area contributed by atoms with Crippen LogP contribution in [0.3, 0.4) is 0 Å². The van der Waals surface area contributed by atoms with Gasteiger partial charge >= 0.3 is 0 Å². The van der Waals surface area contributed by atoms with Gasteiger partial charge in [-0.25, -0.2) is 4.68 Å². The molecule has 1 heterocycles. The van der Waals surface area contributed by atoms with E-state index in [1.807, 2.05) is 56.3 Å². The zero-order chi connectivity index (χ0) is 20.1. The highest BCUT2D eigenvalue weighted by Crippen LogP contribution is 2.25. The molecule has 0 bridgehead atoms. The van der Waals surface area contributed by atoms with Crippen LogP contribution in [0.2, 0.25) is 0 Å². The first kappa shape index (κ1) is 19.8. The number of rotatable bonds is 7. The van der Waals surface area contributed by atoms with Gasteiger partial charge in [0.05, 0.1) is 5.25 Å². The lowest BCUT2D eigenvalue weighted by atomic mass is 10.2. The number of carbonyl (C=O) groups excluding carboxylic acids is 1. The van der Waals surface area contributed by atoms with Gasteiger partial charge in [0, 0.05) is 11.6 Å². The Morgan fingerprint density at radius 1 is 1.04 bits per heavy atom. The highest BCUT2D eigenvalue weighted by molar-refractivity contribution is 8.00. The number of hydrogen-bond donors (Lipinski definition) is 2. The topological polar surface area (TPSA) is 95.1 Å². The number of carbonyl (C=O) groups is 1. The number of amides is 1. The predicted octanol–water partition coefficient (Wildman–Crippen LogP) is 4.03. The first-order valence-corrected chi connectivity index (χ1v) is 9.83. The Hall–Kier alpha value is -3.00. The fourth-order valence-electron chi connectivity index (χ4n) is 2.45. The van der Waals surface area contributed by atoms with Crippen molar-refractivity contribution >= 4 is 23.4 Å². The molecular weight excluding hydrogens is 374 g/mol. The quantitative estimate of drug-likeness (QED) is 0.462. The molecule has 7 nitrogen and oxygen atoms in total. The van der Waals surface area contributed by atoms with Crippen LogP contribution in [0.4, 0.5) is 5.69 Å². The summed E-state index contributed by atoms with van der Waals surface area (Å²) in [5.74, 6) is 8.17. The van der Waals surface area contributed by atoms with Crippen molar-refractivity contribution in [3.63, 3.8) is 0 Å². The van der Waals surface area contributed by atoms with Crippen molar-refractivity contribution in [1.82, 2.24) is 14.9 Å². The van der Waals surface area contributed by atoms with E-state index in [0.29, 0.717) is 22.4 Å². The van der Waals surface area contributed by atoms with E-state index < -0.39 is 0 Å². The number of nitrogens with zero attached hydrogens (tertiary/aromatic N) is 3. The number of para-hydroxylation sites is 1. The van der Waals surface area contributed by atoms with Crippen molar-refractivity contribution < 1.29 is 9.53 Å². The molecule has 8 heteroatoms. The lowest BCUT2D eigenvalue weighted by Gasteiger charge is -2.12. The number of hydrogen-bond acceptors (Lipinski definition) is 6. The summed E-state index contributed by atoms with van der Waals surface area (Å²) in [4.78, 5) is 12.5. The average molecular weight is 398 g/mol. The Balaban J connectivity index is 1.58. The number of anilines is 1. The molecule has 0 saturated carbocycles. The van der Waals surface area contributed by atoms with Crippen LogP contribution < -0.4 is 15.9 Å². The van der Waals surface area contributed by atoms with Gasteiger partial charge in [-0.05, 0) is 43.3 Å². The third-order valence-electron chi connectivity index (χ3n) is 3.96. The monoisotopic (exact) mass is 397 g/mol. The zero-order valence-corrected chi connectivity index (χ0v) is 16.8. The standard InChI is InChI=1S/C20H23N5O2S/c1-13(2)18-23-24-20(25(18)21)28-14(3)19(26)22-15-9-11-17(12-10-15)27-16-7-5-4-6-8-16/h4-14H,21H2,1-3H3,(H,22,26)/t14-/m1/s1. The van der Waals surface area contributed by atoms with Crippen LogP contribution in [-0.2, 0) is 4.79 Å². The molecule has 0 aliphatic rings. The van der Waals surface area contributed by atoms with Crippen molar-refractivity contribution in [2.45, 2.75) is 37.1 Å². The lowest BCUT2D eigenvalue weighted by molar-refractivity contribution is -0.115. The second-order valence-corrected chi connectivity index (χ2v) is 7.86. The summed E-state index contributed by atoms with van der Waals surface area (Å²) in [6.45, 7) is 5.78. The Morgan fingerprint density at radius 3 is 2.29 bits per heavy atom. The molecule has 0 aliphatic carbocycles. The van der Waals surface area contributed by atoms with Gasteiger partial charge in [0.25, 0.3) is 0 Å². The van der Waals surface area contributed by atoms with E-state index in [1.165, 1.54) is 16.4 Å². The summed E-state index contributed by atoms with van der Waals surface area (Å²) in [6.07, 6.45) is 0. The highest BCUT2D eigenvalue weighted by Gasteiger charge is 2.20. The molecule has 0 radical (unpaired) electrons. The molecule has 0 saturated heterocycles. The molecule has 146 valence electrons. The van der Waals surface area contributed by atoms with Gasteiger partial charge in [-0.1, -0.05) is 43.8 Å². The molecule has 28 heavy (non-hydrogen) atoms. The van der Waals surface area contributed by atoms with Crippen LogP contribution in [-0.4, -0.2) is 26.0 Å². The number of aromatic nitrogens is 3. The minimum Gasteiger partial charge on any atom is -0.457 e. The molecule has 0 spiro atoms. The molecule has 0 aliphatic heterocycles. The Labute approximate surface area is 168 Å². The van der Waals surface area contributed by atoms with E-state index >= 15 is 0 Å². The SMILES string of the molecule is CC(C)c1nnc(S[C@H](C)C(=O)Nc2ccc(Oc3ccccc3)cc2)n1N. The third kappa shape index (κ3) is 4.83. The Morgan fingerprint density at radius 2 is 1.68 bits per heavy atom. The van der Waals surface area contributed by atoms with Gasteiger partial charge in [0.15, 0.2) is 5.82 Å². The zero-order valence-electron chi connectivity index (χ0n) is 16.0. The number of ether oxygens (including phenoxy) is 1. The second-order valence-electron chi connectivity index (χ2n) is 6.55. The number of nitrogens with two attached hydrogens (primary N) is 1. The Bertz CT molecular complexity index is 926. The fraction of sp³-hybridized carbons (Fsp3) is 0.250. The van der Waals surface area contributed by atoms with Crippen molar-refractivity contribution in [1.29, 1.82) is 0 Å². The van der Waals surface area contributed by atoms with Crippen LogP contribution in [0.5, 0.6) is 11.5 Å². The molecular formula is C20H23N5O2S. The summed E-state index contributed by atoms with van der Waals surface area (Å²) in [5, 5.41) is 11.2. The van der Waals surface area contributed by atoms with Crippen LogP contribution in [0.15, 0.2) is 59.8 Å². The van der Waals surface area contributed by atoms with Crippen LogP contribution in [0.25, 0.3) is 0 Å². The minimum absolute atomic E-state index is 0.143. The van der Waals surface area contributed by atoms with E-state index in [-0.39, 0.29) is 17.1 Å². The smallest absolute Gasteiger partial charge is 0.237 e. The van der Waals surface area contributed by atoms with Crippen molar-refractivity contribution in [2.75, 3.05) is 11.2 Å². The summed E-state index contributed by atoms with van der Waals surface area (Å²) in [6, 6.07) is 16.8.